The van der Waals surface area contributed by atoms with E-state index in [9.17, 15) is 14.0 Å². The third-order valence-electron chi connectivity index (χ3n) is 5.03. The molecule has 0 saturated carbocycles. The highest BCUT2D eigenvalue weighted by Crippen LogP contribution is 2.29. The quantitative estimate of drug-likeness (QED) is 0.503. The number of nitrogens with zero attached hydrogens (tertiary/aromatic N) is 6. The van der Waals surface area contributed by atoms with Gasteiger partial charge in [-0.05, 0) is 43.3 Å². The van der Waals surface area contributed by atoms with E-state index < -0.39 is 17.8 Å². The summed E-state index contributed by atoms with van der Waals surface area (Å²) in [5.74, 6) is -0.465. The monoisotopic (exact) mass is 447 g/mol. The summed E-state index contributed by atoms with van der Waals surface area (Å²) in [7, 11) is 0. The summed E-state index contributed by atoms with van der Waals surface area (Å²) in [6, 6.07) is 11.0. The molecule has 0 fully saturated rings. The van der Waals surface area contributed by atoms with Crippen LogP contribution in [0.5, 0.6) is 5.75 Å². The summed E-state index contributed by atoms with van der Waals surface area (Å²) in [6.07, 6.45) is 5.49. The van der Waals surface area contributed by atoms with Crippen LogP contribution in [-0.2, 0) is 9.59 Å². The van der Waals surface area contributed by atoms with Crippen LogP contribution in [0.25, 0.3) is 11.5 Å². The van der Waals surface area contributed by atoms with E-state index >= 15 is 0 Å². The van der Waals surface area contributed by atoms with E-state index in [0.717, 1.165) is 0 Å². The first-order chi connectivity index (χ1) is 16.0. The fourth-order valence-electron chi connectivity index (χ4n) is 3.50. The van der Waals surface area contributed by atoms with Crippen molar-refractivity contribution < 1.29 is 18.7 Å². The van der Waals surface area contributed by atoms with Crippen LogP contribution in [0.15, 0.2) is 67.3 Å². The van der Waals surface area contributed by atoms with Crippen LogP contribution in [0.3, 0.4) is 0 Å². The number of carbonyl (C=O) groups excluding carboxylic acids is 2. The predicted molar refractivity (Wildman–Crippen MR) is 116 cm³/mol. The average molecular weight is 447 g/mol. The number of amides is 2. The number of nitrogens with one attached hydrogen (secondary N) is 1. The number of anilines is 2. The minimum atomic E-state index is -1.01. The molecule has 0 saturated heterocycles. The fraction of sp³-hybridized carbons (Fsp3) is 0.136. The van der Waals surface area contributed by atoms with Gasteiger partial charge in [0.2, 0.25) is 5.91 Å². The van der Waals surface area contributed by atoms with Crippen LogP contribution in [0, 0.1) is 5.82 Å². The first kappa shape index (κ1) is 20.4. The van der Waals surface area contributed by atoms with Gasteiger partial charge in [-0.3, -0.25) is 14.5 Å². The smallest absolute Gasteiger partial charge is 0.269 e. The van der Waals surface area contributed by atoms with E-state index in [0.29, 0.717) is 11.5 Å². The van der Waals surface area contributed by atoms with E-state index in [2.05, 4.69) is 20.5 Å². The molecular weight excluding hydrogens is 429 g/mol. The Morgan fingerprint density at radius 3 is 2.58 bits per heavy atom. The Morgan fingerprint density at radius 1 is 1.12 bits per heavy atom. The Balaban J connectivity index is 1.39. The van der Waals surface area contributed by atoms with Crippen molar-refractivity contribution in [2.24, 2.45) is 0 Å². The fourth-order valence-corrected chi connectivity index (χ4v) is 3.50. The number of hydrogen-bond acceptors (Lipinski definition) is 6. The SMILES string of the molecule is CC(Oc1ccc(-n2cccn2)c(F)c1)C(=O)N1CC(=O)Nc2ccc(-n3cccn3)nc21. The van der Waals surface area contributed by atoms with Crippen molar-refractivity contribution in [2.75, 3.05) is 16.8 Å². The standard InChI is InChI=1S/C22H18FN7O3/c1-14(33-15-4-6-18(16(23)12-15)29-10-2-8-24-29)22(32)28-13-20(31)26-17-5-7-19(27-21(17)28)30-11-3-9-25-30/h2-12,14H,13H2,1H3,(H,26,31). The number of pyridine rings is 1. The lowest BCUT2D eigenvalue weighted by Crippen LogP contribution is -2.48. The van der Waals surface area contributed by atoms with Gasteiger partial charge in [0.15, 0.2) is 23.6 Å². The number of rotatable bonds is 5. The molecule has 4 heterocycles. The average Bonchev–Trinajstić information content (AvgIpc) is 3.52. The molecule has 0 bridgehead atoms. The first-order valence-electron chi connectivity index (χ1n) is 10.1. The molecule has 33 heavy (non-hydrogen) atoms. The van der Waals surface area contributed by atoms with E-state index in [4.69, 9.17) is 4.74 Å². The highest BCUT2D eigenvalue weighted by atomic mass is 19.1. The van der Waals surface area contributed by atoms with E-state index in [-0.39, 0.29) is 29.7 Å². The molecule has 0 aliphatic carbocycles. The van der Waals surface area contributed by atoms with Crippen molar-refractivity contribution >= 4 is 23.3 Å². The van der Waals surface area contributed by atoms with Gasteiger partial charge in [-0.25, -0.2) is 18.7 Å². The first-order valence-corrected chi connectivity index (χ1v) is 10.1. The second-order valence-electron chi connectivity index (χ2n) is 7.29. The zero-order chi connectivity index (χ0) is 22.9. The molecule has 5 rings (SSSR count). The molecule has 166 valence electrons. The minimum Gasteiger partial charge on any atom is -0.481 e. The highest BCUT2D eigenvalue weighted by Gasteiger charge is 2.32. The molecular formula is C22H18FN7O3. The lowest BCUT2D eigenvalue weighted by atomic mass is 10.2. The van der Waals surface area contributed by atoms with Gasteiger partial charge in [0, 0.05) is 30.9 Å². The minimum absolute atomic E-state index is 0.171. The van der Waals surface area contributed by atoms with E-state index in [1.165, 1.54) is 28.6 Å². The second kappa shape index (κ2) is 8.19. The molecule has 2 amide bonds. The molecule has 1 aliphatic rings. The van der Waals surface area contributed by atoms with Crippen LogP contribution in [0.1, 0.15) is 6.92 Å². The molecule has 0 radical (unpaired) electrons. The molecule has 0 spiro atoms. The Kier molecular flexibility index (Phi) is 5.05. The lowest BCUT2D eigenvalue weighted by Gasteiger charge is -2.30. The topological polar surface area (TPSA) is 107 Å². The van der Waals surface area contributed by atoms with E-state index in [1.54, 1.807) is 59.8 Å². The maximum absolute atomic E-state index is 14.5. The highest BCUT2D eigenvalue weighted by molar-refractivity contribution is 6.10. The van der Waals surface area contributed by atoms with Gasteiger partial charge < -0.3 is 10.1 Å². The molecule has 1 N–H and O–H groups in total. The third-order valence-corrected chi connectivity index (χ3v) is 5.03. The summed E-state index contributed by atoms with van der Waals surface area (Å²) < 4.78 is 23.2. The molecule has 1 unspecified atom stereocenters. The third kappa shape index (κ3) is 3.91. The Labute approximate surface area is 187 Å². The van der Waals surface area contributed by atoms with Gasteiger partial charge >= 0.3 is 0 Å². The summed E-state index contributed by atoms with van der Waals surface area (Å²) >= 11 is 0. The van der Waals surface area contributed by atoms with Gasteiger partial charge in [-0.2, -0.15) is 10.2 Å². The summed E-state index contributed by atoms with van der Waals surface area (Å²) in [6.45, 7) is 1.31. The number of hydrogen-bond donors (Lipinski definition) is 1. The Morgan fingerprint density at radius 2 is 1.88 bits per heavy atom. The Bertz CT molecular complexity index is 1320. The van der Waals surface area contributed by atoms with Crippen LogP contribution < -0.4 is 15.0 Å². The maximum Gasteiger partial charge on any atom is 0.269 e. The molecule has 3 aromatic heterocycles. The largest absolute Gasteiger partial charge is 0.481 e. The zero-order valence-corrected chi connectivity index (χ0v) is 17.4. The zero-order valence-electron chi connectivity index (χ0n) is 17.4. The molecule has 1 aliphatic heterocycles. The van der Waals surface area contributed by atoms with Gasteiger partial charge in [0.1, 0.15) is 18.0 Å². The van der Waals surface area contributed by atoms with Crippen molar-refractivity contribution in [1.29, 1.82) is 0 Å². The van der Waals surface area contributed by atoms with Gasteiger partial charge in [0.25, 0.3) is 5.91 Å². The van der Waals surface area contributed by atoms with Crippen molar-refractivity contribution in [2.45, 2.75) is 13.0 Å². The van der Waals surface area contributed by atoms with Crippen LogP contribution in [-0.4, -0.2) is 49.0 Å². The number of carbonyl (C=O) groups is 2. The molecule has 1 aromatic carbocycles. The number of ether oxygens (including phenoxy) is 1. The van der Waals surface area contributed by atoms with Crippen LogP contribution in [0.2, 0.25) is 0 Å². The Hall–Kier alpha value is -4.54. The normalized spacial score (nSPS) is 13.9. The lowest BCUT2D eigenvalue weighted by molar-refractivity contribution is -0.126. The number of benzene rings is 1. The summed E-state index contributed by atoms with van der Waals surface area (Å²) in [5, 5.41) is 10.9. The number of halogens is 1. The van der Waals surface area contributed by atoms with Crippen molar-refractivity contribution in [3.63, 3.8) is 0 Å². The molecule has 10 nitrogen and oxygen atoms in total. The second-order valence-corrected chi connectivity index (χ2v) is 7.29. The maximum atomic E-state index is 14.5. The van der Waals surface area contributed by atoms with Crippen molar-refractivity contribution in [1.82, 2.24) is 24.5 Å². The molecule has 1 atom stereocenters. The summed E-state index contributed by atoms with van der Waals surface area (Å²) in [4.78, 5) is 31.1. The van der Waals surface area contributed by atoms with Crippen LogP contribution >= 0.6 is 0 Å². The molecule has 11 heteroatoms. The van der Waals surface area contributed by atoms with Gasteiger partial charge in [-0.1, -0.05) is 0 Å². The summed E-state index contributed by atoms with van der Waals surface area (Å²) in [5.41, 5.74) is 0.653. The molecule has 4 aromatic rings. The van der Waals surface area contributed by atoms with Crippen LogP contribution in [0.4, 0.5) is 15.9 Å². The van der Waals surface area contributed by atoms with Gasteiger partial charge in [-0.15, -0.1) is 0 Å². The predicted octanol–water partition coefficient (Wildman–Crippen LogP) is 2.34. The number of aromatic nitrogens is 5. The van der Waals surface area contributed by atoms with Crippen molar-refractivity contribution in [3.05, 3.63) is 73.1 Å². The van der Waals surface area contributed by atoms with Gasteiger partial charge in [0.05, 0.1) is 5.69 Å². The number of fused-ring (bicyclic) bond motifs is 1. The van der Waals surface area contributed by atoms with E-state index in [1.807, 2.05) is 0 Å². The van der Waals surface area contributed by atoms with Crippen molar-refractivity contribution in [3.8, 4) is 17.3 Å².